The SMILES string of the molecule is Cc1cccc(NC(=O)CSCC(=O)N2CCCc3cc(OC(F)(F)F)ccc32)c1. The van der Waals surface area contributed by atoms with Gasteiger partial charge in [0.05, 0.1) is 11.5 Å². The molecule has 0 aliphatic carbocycles. The number of halogens is 3. The van der Waals surface area contributed by atoms with Gasteiger partial charge in [-0.15, -0.1) is 24.9 Å². The average Bonchev–Trinajstić information content (AvgIpc) is 2.66. The Morgan fingerprint density at radius 3 is 2.70 bits per heavy atom. The molecule has 2 aromatic rings. The Morgan fingerprint density at radius 2 is 1.97 bits per heavy atom. The molecule has 0 saturated heterocycles. The number of carbonyl (C=O) groups excluding carboxylic acids is 2. The van der Waals surface area contributed by atoms with Crippen LogP contribution in [0.25, 0.3) is 0 Å². The Hall–Kier alpha value is -2.68. The fourth-order valence-electron chi connectivity index (χ4n) is 3.26. The van der Waals surface area contributed by atoms with E-state index in [1.54, 1.807) is 11.0 Å². The number of hydrogen-bond acceptors (Lipinski definition) is 4. The molecule has 30 heavy (non-hydrogen) atoms. The third-order valence-electron chi connectivity index (χ3n) is 4.46. The Morgan fingerprint density at radius 1 is 1.17 bits per heavy atom. The zero-order valence-corrected chi connectivity index (χ0v) is 17.1. The average molecular weight is 438 g/mol. The second kappa shape index (κ2) is 9.42. The van der Waals surface area contributed by atoms with Crippen LogP contribution in [-0.4, -0.2) is 36.2 Å². The number of nitrogens with zero attached hydrogens (tertiary/aromatic N) is 1. The summed E-state index contributed by atoms with van der Waals surface area (Å²) in [6.07, 6.45) is -3.54. The Bertz CT molecular complexity index is 934. The van der Waals surface area contributed by atoms with Gasteiger partial charge in [-0.3, -0.25) is 9.59 Å². The first-order valence-corrected chi connectivity index (χ1v) is 10.5. The van der Waals surface area contributed by atoms with E-state index in [4.69, 9.17) is 0 Å². The summed E-state index contributed by atoms with van der Waals surface area (Å²) in [5.41, 5.74) is 2.96. The fourth-order valence-corrected chi connectivity index (χ4v) is 3.95. The molecule has 0 spiro atoms. The molecule has 1 aliphatic heterocycles. The van der Waals surface area contributed by atoms with E-state index in [2.05, 4.69) is 10.1 Å². The van der Waals surface area contributed by atoms with Crippen molar-refractivity contribution in [1.29, 1.82) is 0 Å². The Labute approximate surface area is 176 Å². The minimum Gasteiger partial charge on any atom is -0.406 e. The zero-order valence-electron chi connectivity index (χ0n) is 16.3. The molecule has 0 atom stereocenters. The van der Waals surface area contributed by atoms with Gasteiger partial charge in [0.25, 0.3) is 0 Å². The van der Waals surface area contributed by atoms with Crippen molar-refractivity contribution >= 4 is 35.0 Å². The third-order valence-corrected chi connectivity index (χ3v) is 5.38. The fraction of sp³-hybridized carbons (Fsp3) is 0.333. The van der Waals surface area contributed by atoms with Crippen molar-refractivity contribution in [3.05, 3.63) is 53.6 Å². The van der Waals surface area contributed by atoms with Gasteiger partial charge in [-0.2, -0.15) is 0 Å². The van der Waals surface area contributed by atoms with Crippen molar-refractivity contribution in [2.45, 2.75) is 26.1 Å². The van der Waals surface area contributed by atoms with E-state index in [0.29, 0.717) is 36.3 Å². The minimum absolute atomic E-state index is 0.0987. The smallest absolute Gasteiger partial charge is 0.406 e. The number of fused-ring (bicyclic) bond motifs is 1. The summed E-state index contributed by atoms with van der Waals surface area (Å²) in [6.45, 7) is 2.42. The van der Waals surface area contributed by atoms with Crippen molar-refractivity contribution in [3.63, 3.8) is 0 Å². The molecule has 0 fully saturated rings. The van der Waals surface area contributed by atoms with Gasteiger partial charge in [0.1, 0.15) is 5.75 Å². The maximum absolute atomic E-state index is 12.6. The highest BCUT2D eigenvalue weighted by Gasteiger charge is 2.32. The molecule has 2 amide bonds. The Balaban J connectivity index is 1.54. The highest BCUT2D eigenvalue weighted by molar-refractivity contribution is 8.00. The first kappa shape index (κ1) is 22.0. The summed E-state index contributed by atoms with van der Waals surface area (Å²) < 4.78 is 41.2. The van der Waals surface area contributed by atoms with Crippen LogP contribution in [0.15, 0.2) is 42.5 Å². The number of alkyl halides is 3. The molecule has 0 aromatic heterocycles. The lowest BCUT2D eigenvalue weighted by Crippen LogP contribution is -2.37. The van der Waals surface area contributed by atoms with Gasteiger partial charge in [0, 0.05) is 17.9 Å². The summed E-state index contributed by atoms with van der Waals surface area (Å²) in [5, 5.41) is 2.79. The lowest BCUT2D eigenvalue weighted by Gasteiger charge is -2.30. The van der Waals surface area contributed by atoms with Crippen LogP contribution >= 0.6 is 11.8 Å². The lowest BCUT2D eigenvalue weighted by molar-refractivity contribution is -0.274. The first-order valence-electron chi connectivity index (χ1n) is 9.34. The van der Waals surface area contributed by atoms with Gasteiger partial charge in [-0.05, 0) is 61.2 Å². The lowest BCUT2D eigenvalue weighted by atomic mass is 10.0. The zero-order chi connectivity index (χ0) is 21.7. The van der Waals surface area contributed by atoms with E-state index in [0.717, 1.165) is 5.56 Å². The normalized spacial score (nSPS) is 13.5. The van der Waals surface area contributed by atoms with Crippen LogP contribution in [0.5, 0.6) is 5.75 Å². The van der Waals surface area contributed by atoms with E-state index in [9.17, 15) is 22.8 Å². The summed E-state index contributed by atoms with van der Waals surface area (Å²) in [5.74, 6) is -0.460. The van der Waals surface area contributed by atoms with Gasteiger partial charge in [-0.1, -0.05) is 12.1 Å². The molecular formula is C21H21F3N2O3S. The number of ether oxygens (including phenoxy) is 1. The topological polar surface area (TPSA) is 58.6 Å². The summed E-state index contributed by atoms with van der Waals surface area (Å²) in [6, 6.07) is 11.4. The molecule has 0 unspecified atom stereocenters. The second-order valence-corrected chi connectivity index (χ2v) is 7.88. The molecule has 1 aliphatic rings. The molecule has 5 nitrogen and oxygen atoms in total. The molecule has 9 heteroatoms. The molecule has 160 valence electrons. The molecule has 2 aromatic carbocycles. The van der Waals surface area contributed by atoms with E-state index < -0.39 is 6.36 Å². The third kappa shape index (κ3) is 6.16. The monoisotopic (exact) mass is 438 g/mol. The number of carbonyl (C=O) groups is 2. The van der Waals surface area contributed by atoms with Gasteiger partial charge in [0.15, 0.2) is 0 Å². The number of amides is 2. The predicted molar refractivity (Wildman–Crippen MR) is 111 cm³/mol. The standard InChI is InChI=1S/C21H21F3N2O3S/c1-14-4-2-6-16(10-14)25-19(27)12-30-13-20(28)26-9-3-5-15-11-17(7-8-18(15)26)29-21(22,23)24/h2,4,6-8,10-11H,3,5,9,12-13H2,1H3,(H,25,27). The van der Waals surface area contributed by atoms with Crippen molar-refractivity contribution < 1.29 is 27.5 Å². The van der Waals surface area contributed by atoms with E-state index >= 15 is 0 Å². The quantitative estimate of drug-likeness (QED) is 0.719. The number of hydrogen-bond donors (Lipinski definition) is 1. The number of anilines is 2. The van der Waals surface area contributed by atoms with Crippen LogP contribution in [0, 0.1) is 6.92 Å². The van der Waals surface area contributed by atoms with Crippen molar-refractivity contribution in [1.82, 2.24) is 0 Å². The van der Waals surface area contributed by atoms with Crippen LogP contribution in [0.3, 0.4) is 0 Å². The van der Waals surface area contributed by atoms with Crippen molar-refractivity contribution in [3.8, 4) is 5.75 Å². The summed E-state index contributed by atoms with van der Waals surface area (Å²) >= 11 is 1.20. The van der Waals surface area contributed by atoms with Crippen molar-refractivity contribution in [2.24, 2.45) is 0 Å². The van der Waals surface area contributed by atoms with Gasteiger partial charge >= 0.3 is 6.36 Å². The molecule has 0 radical (unpaired) electrons. The summed E-state index contributed by atoms with van der Waals surface area (Å²) in [7, 11) is 0. The van der Waals surface area contributed by atoms with Gasteiger partial charge in [0.2, 0.25) is 11.8 Å². The van der Waals surface area contributed by atoms with Gasteiger partial charge in [-0.25, -0.2) is 0 Å². The van der Waals surface area contributed by atoms with Crippen LogP contribution in [0.2, 0.25) is 0 Å². The van der Waals surface area contributed by atoms with Crippen molar-refractivity contribution in [2.75, 3.05) is 28.3 Å². The van der Waals surface area contributed by atoms with Crippen LogP contribution in [-0.2, 0) is 16.0 Å². The number of rotatable bonds is 6. The molecule has 0 bridgehead atoms. The van der Waals surface area contributed by atoms with Crippen LogP contribution in [0.1, 0.15) is 17.5 Å². The summed E-state index contributed by atoms with van der Waals surface area (Å²) in [4.78, 5) is 26.2. The predicted octanol–water partition coefficient (Wildman–Crippen LogP) is 4.54. The number of benzene rings is 2. The molecule has 0 saturated carbocycles. The first-order chi connectivity index (χ1) is 14.2. The molecule has 1 N–H and O–H groups in total. The highest BCUT2D eigenvalue weighted by Crippen LogP contribution is 2.33. The number of nitrogens with one attached hydrogen (secondary N) is 1. The largest absolute Gasteiger partial charge is 0.573 e. The minimum atomic E-state index is -4.76. The van der Waals surface area contributed by atoms with E-state index in [1.807, 2.05) is 25.1 Å². The van der Waals surface area contributed by atoms with Crippen LogP contribution < -0.4 is 15.0 Å². The molecule has 1 heterocycles. The van der Waals surface area contributed by atoms with E-state index in [-0.39, 0.29) is 29.1 Å². The maximum Gasteiger partial charge on any atom is 0.573 e. The van der Waals surface area contributed by atoms with Gasteiger partial charge < -0.3 is 15.0 Å². The van der Waals surface area contributed by atoms with Crippen LogP contribution in [0.4, 0.5) is 24.5 Å². The number of aryl methyl sites for hydroxylation is 2. The highest BCUT2D eigenvalue weighted by atomic mass is 32.2. The maximum atomic E-state index is 12.6. The molecule has 3 rings (SSSR count). The Kier molecular flexibility index (Phi) is 6.91. The molecular weight excluding hydrogens is 417 g/mol. The van der Waals surface area contributed by atoms with E-state index in [1.165, 1.54) is 30.0 Å². The second-order valence-electron chi connectivity index (χ2n) is 6.90. The number of thioether (sulfide) groups is 1.